The van der Waals surface area contributed by atoms with Crippen molar-refractivity contribution in [2.24, 2.45) is 5.92 Å². The summed E-state index contributed by atoms with van der Waals surface area (Å²) in [6.45, 7) is 3.30. The average molecular weight is 409 g/mol. The molecule has 2 aromatic rings. The van der Waals surface area contributed by atoms with E-state index in [-0.39, 0.29) is 18.9 Å². The molecule has 0 aliphatic carbocycles. The van der Waals surface area contributed by atoms with Gasteiger partial charge in [-0.2, -0.15) is 0 Å². The van der Waals surface area contributed by atoms with Crippen molar-refractivity contribution in [1.82, 2.24) is 10.4 Å². The molecule has 156 valence electrons. The molecule has 0 unspecified atom stereocenters. The maximum atomic E-state index is 12.3. The molecule has 8 heteroatoms. The number of nitrogens with one attached hydrogen (secondary N) is 2. The van der Waals surface area contributed by atoms with Crippen LogP contribution in [0.5, 0.6) is 0 Å². The van der Waals surface area contributed by atoms with E-state index in [2.05, 4.69) is 10.7 Å². The van der Waals surface area contributed by atoms with Crippen LogP contribution in [0.15, 0.2) is 48.5 Å². The van der Waals surface area contributed by atoms with E-state index in [1.54, 1.807) is 36.4 Å². The van der Waals surface area contributed by atoms with Crippen LogP contribution in [0.25, 0.3) is 0 Å². The fourth-order valence-electron chi connectivity index (χ4n) is 3.12. The first-order chi connectivity index (χ1) is 14.3. The van der Waals surface area contributed by atoms with Gasteiger partial charge in [-0.15, -0.1) is 0 Å². The van der Waals surface area contributed by atoms with Crippen molar-refractivity contribution in [3.63, 3.8) is 0 Å². The summed E-state index contributed by atoms with van der Waals surface area (Å²) in [7, 11) is 0. The van der Waals surface area contributed by atoms with Gasteiger partial charge in [-0.25, -0.2) is 0 Å². The summed E-state index contributed by atoms with van der Waals surface area (Å²) >= 11 is 0. The Hall–Kier alpha value is -3.68. The molecule has 0 spiro atoms. The molecule has 1 fully saturated rings. The van der Waals surface area contributed by atoms with Crippen LogP contribution in [0.1, 0.15) is 27.9 Å². The molecule has 3 rings (SSSR count). The Bertz CT molecular complexity index is 988. The number of hydrogen-bond acceptors (Lipinski definition) is 5. The predicted molar refractivity (Wildman–Crippen MR) is 109 cm³/mol. The fraction of sp³-hybridized carbons (Fsp3) is 0.273. The zero-order valence-electron chi connectivity index (χ0n) is 16.8. The third-order valence-electron chi connectivity index (χ3n) is 4.62. The molecule has 30 heavy (non-hydrogen) atoms. The highest BCUT2D eigenvalue weighted by molar-refractivity contribution is 5.97. The largest absolute Gasteiger partial charge is 0.455 e. The first-order valence-corrected chi connectivity index (χ1v) is 9.53. The summed E-state index contributed by atoms with van der Waals surface area (Å²) in [6, 6.07) is 14.2. The van der Waals surface area contributed by atoms with Crippen LogP contribution < -0.4 is 10.7 Å². The second-order valence-electron chi connectivity index (χ2n) is 7.24. The fourth-order valence-corrected chi connectivity index (χ4v) is 3.12. The normalized spacial score (nSPS) is 15.6. The van der Waals surface area contributed by atoms with Crippen molar-refractivity contribution in [1.29, 1.82) is 0 Å². The minimum atomic E-state index is -0.748. The third kappa shape index (κ3) is 5.44. The molecule has 0 radical (unpaired) electrons. The molecule has 0 saturated carbocycles. The lowest BCUT2D eigenvalue weighted by Gasteiger charge is -2.17. The monoisotopic (exact) mass is 409 g/mol. The summed E-state index contributed by atoms with van der Waals surface area (Å²) in [6.07, 6.45) is -0.0908. The molecule has 1 atom stereocenters. The lowest BCUT2D eigenvalue weighted by atomic mass is 10.1. The molecular formula is C22H23N3O5. The van der Waals surface area contributed by atoms with Crippen molar-refractivity contribution in [3.05, 3.63) is 65.2 Å². The predicted octanol–water partition coefficient (Wildman–Crippen LogP) is 1.98. The molecule has 1 aliphatic rings. The molecule has 0 bridgehead atoms. The summed E-state index contributed by atoms with van der Waals surface area (Å²) in [5.41, 5.74) is 5.45. The third-order valence-corrected chi connectivity index (χ3v) is 4.62. The van der Waals surface area contributed by atoms with Gasteiger partial charge < -0.3 is 10.1 Å². The Morgan fingerprint density at radius 3 is 2.47 bits per heavy atom. The van der Waals surface area contributed by atoms with E-state index in [1.165, 1.54) is 0 Å². The number of ether oxygens (including phenoxy) is 1. The maximum Gasteiger partial charge on any atom is 0.311 e. The first-order valence-electron chi connectivity index (χ1n) is 9.53. The molecule has 2 aromatic carbocycles. The van der Waals surface area contributed by atoms with Gasteiger partial charge in [0.05, 0.1) is 12.5 Å². The van der Waals surface area contributed by atoms with Crippen LogP contribution in [0.2, 0.25) is 0 Å². The zero-order chi connectivity index (χ0) is 21.7. The summed E-state index contributed by atoms with van der Waals surface area (Å²) in [5, 5.41) is 3.76. The van der Waals surface area contributed by atoms with Crippen LogP contribution in [-0.2, 0) is 19.1 Å². The van der Waals surface area contributed by atoms with Crippen LogP contribution in [0.3, 0.4) is 0 Å². The Morgan fingerprint density at radius 1 is 1.07 bits per heavy atom. The number of hydrazine groups is 1. The van der Waals surface area contributed by atoms with Gasteiger partial charge in [0.1, 0.15) is 0 Å². The Balaban J connectivity index is 1.48. The highest BCUT2D eigenvalue weighted by Crippen LogP contribution is 2.18. The molecule has 3 amide bonds. The molecule has 0 aromatic heterocycles. The Kier molecular flexibility index (Phi) is 6.46. The smallest absolute Gasteiger partial charge is 0.311 e. The van der Waals surface area contributed by atoms with Gasteiger partial charge in [0.15, 0.2) is 6.61 Å². The Morgan fingerprint density at radius 2 is 1.77 bits per heavy atom. The van der Waals surface area contributed by atoms with Gasteiger partial charge in [-0.3, -0.25) is 29.6 Å². The number of anilines is 1. The number of esters is 1. The highest BCUT2D eigenvalue weighted by atomic mass is 16.5. The molecule has 1 heterocycles. The van der Waals surface area contributed by atoms with Crippen LogP contribution >= 0.6 is 0 Å². The van der Waals surface area contributed by atoms with Gasteiger partial charge in [-0.1, -0.05) is 29.8 Å². The van der Waals surface area contributed by atoms with E-state index in [9.17, 15) is 19.2 Å². The highest BCUT2D eigenvalue weighted by Gasteiger charge is 2.36. The quantitative estimate of drug-likeness (QED) is 0.710. The topological polar surface area (TPSA) is 105 Å². The van der Waals surface area contributed by atoms with Crippen LogP contribution in [0, 0.1) is 19.8 Å². The second kappa shape index (κ2) is 9.21. The van der Waals surface area contributed by atoms with E-state index in [1.807, 2.05) is 26.0 Å². The lowest BCUT2D eigenvalue weighted by molar-refractivity contribution is -0.151. The van der Waals surface area contributed by atoms with E-state index in [4.69, 9.17) is 4.74 Å². The summed E-state index contributed by atoms with van der Waals surface area (Å²) in [5.74, 6) is -2.69. The van der Waals surface area contributed by atoms with Gasteiger partial charge in [0, 0.05) is 17.7 Å². The second-order valence-corrected chi connectivity index (χ2v) is 7.24. The number of aryl methyl sites for hydroxylation is 2. The van der Waals surface area contributed by atoms with Crippen molar-refractivity contribution in [3.8, 4) is 0 Å². The number of hydrogen-bond donors (Lipinski definition) is 2. The van der Waals surface area contributed by atoms with Gasteiger partial charge in [-0.05, 0) is 43.7 Å². The van der Waals surface area contributed by atoms with Gasteiger partial charge in [0.25, 0.3) is 11.8 Å². The molecular weight excluding hydrogens is 386 g/mol. The minimum absolute atomic E-state index is 0.00524. The number of carbonyl (C=O) groups is 4. The summed E-state index contributed by atoms with van der Waals surface area (Å²) in [4.78, 5) is 48.7. The molecule has 2 N–H and O–H groups in total. The number of amides is 3. The lowest BCUT2D eigenvalue weighted by Crippen LogP contribution is -2.43. The van der Waals surface area contributed by atoms with Crippen LogP contribution in [-0.4, -0.2) is 41.9 Å². The van der Waals surface area contributed by atoms with Crippen molar-refractivity contribution < 1.29 is 23.9 Å². The van der Waals surface area contributed by atoms with E-state index < -0.39 is 30.3 Å². The van der Waals surface area contributed by atoms with E-state index >= 15 is 0 Å². The van der Waals surface area contributed by atoms with E-state index in [0.29, 0.717) is 11.3 Å². The number of nitrogens with zero attached hydrogens (tertiary/aromatic N) is 1. The Labute approximate surface area is 174 Å². The SMILES string of the molecule is Cc1cccc(NC(=O)COC(=O)[C@@H]2CC(=O)N(NC(=O)c3cccc(C)c3)C2)c1. The number of rotatable bonds is 6. The standard InChI is InChI=1S/C22H23N3O5/c1-14-5-3-7-16(9-14)21(28)24-25-12-17(11-20(25)27)22(29)30-13-19(26)23-18-8-4-6-15(2)10-18/h3-10,17H,11-13H2,1-2H3,(H,23,26)(H,24,28)/t17-/m1/s1. The molecule has 8 nitrogen and oxygen atoms in total. The number of benzene rings is 2. The first kappa shape index (κ1) is 21.0. The van der Waals surface area contributed by atoms with Crippen LogP contribution in [0.4, 0.5) is 5.69 Å². The van der Waals surface area contributed by atoms with Gasteiger partial charge >= 0.3 is 5.97 Å². The molecule has 1 saturated heterocycles. The van der Waals surface area contributed by atoms with Crippen molar-refractivity contribution in [2.45, 2.75) is 20.3 Å². The van der Waals surface area contributed by atoms with E-state index in [0.717, 1.165) is 16.1 Å². The maximum absolute atomic E-state index is 12.3. The minimum Gasteiger partial charge on any atom is -0.455 e. The number of carbonyl (C=O) groups excluding carboxylic acids is 4. The van der Waals surface area contributed by atoms with Crippen molar-refractivity contribution in [2.75, 3.05) is 18.5 Å². The van der Waals surface area contributed by atoms with Crippen molar-refractivity contribution >= 4 is 29.4 Å². The average Bonchev–Trinajstić information content (AvgIpc) is 3.06. The summed E-state index contributed by atoms with van der Waals surface area (Å²) < 4.78 is 5.05. The molecule has 1 aliphatic heterocycles. The van der Waals surface area contributed by atoms with Gasteiger partial charge in [0.2, 0.25) is 5.91 Å². The zero-order valence-corrected chi connectivity index (χ0v) is 16.8.